The maximum atomic E-state index is 13.4. The van der Waals surface area contributed by atoms with Crippen LogP contribution in [-0.4, -0.2) is 23.7 Å². The van der Waals surface area contributed by atoms with Gasteiger partial charge in [0.05, 0.1) is 0 Å². The van der Waals surface area contributed by atoms with Crippen molar-refractivity contribution in [1.29, 1.82) is 0 Å². The van der Waals surface area contributed by atoms with Crippen molar-refractivity contribution in [3.8, 4) is 11.1 Å². The van der Waals surface area contributed by atoms with Crippen LogP contribution < -0.4 is 10.2 Å². The van der Waals surface area contributed by atoms with Gasteiger partial charge in [-0.25, -0.2) is 9.18 Å². The van der Waals surface area contributed by atoms with Crippen LogP contribution in [0.5, 0.6) is 0 Å². The summed E-state index contributed by atoms with van der Waals surface area (Å²) in [6.07, 6.45) is 5.11. The topological polar surface area (TPSA) is 69.6 Å². The Kier molecular flexibility index (Phi) is 6.53. The van der Waals surface area contributed by atoms with Gasteiger partial charge in [-0.3, -0.25) is 9.69 Å². The second kappa shape index (κ2) is 9.90. The molecular formula is C29H29FN2O3. The van der Waals surface area contributed by atoms with Gasteiger partial charge in [-0.2, -0.15) is 0 Å². The summed E-state index contributed by atoms with van der Waals surface area (Å²) in [6.45, 7) is 0.587. The number of carbonyl (C=O) groups excluding carboxylic acids is 1. The Morgan fingerprint density at radius 1 is 0.943 bits per heavy atom. The molecule has 3 aromatic carbocycles. The summed E-state index contributed by atoms with van der Waals surface area (Å²) in [7, 11) is 0. The zero-order valence-corrected chi connectivity index (χ0v) is 19.5. The number of nitrogens with zero attached hydrogens (tertiary/aromatic N) is 1. The maximum absolute atomic E-state index is 13.4. The molecule has 1 fully saturated rings. The number of hydrogen-bond acceptors (Lipinski definition) is 2. The number of fused-ring (bicyclic) bond motifs is 1. The summed E-state index contributed by atoms with van der Waals surface area (Å²) in [5.74, 6) is -0.266. The van der Waals surface area contributed by atoms with Gasteiger partial charge in [0, 0.05) is 24.3 Å². The first-order valence-electron chi connectivity index (χ1n) is 12.3. The van der Waals surface area contributed by atoms with Crippen molar-refractivity contribution in [2.75, 3.05) is 16.8 Å². The lowest BCUT2D eigenvalue weighted by Crippen LogP contribution is -2.33. The predicted molar refractivity (Wildman–Crippen MR) is 135 cm³/mol. The van der Waals surface area contributed by atoms with Crippen molar-refractivity contribution in [3.63, 3.8) is 0 Å². The highest BCUT2D eigenvalue weighted by Gasteiger charge is 2.26. The number of hydrogen-bond donors (Lipinski definition) is 2. The highest BCUT2D eigenvalue weighted by Crippen LogP contribution is 2.38. The second-order valence-corrected chi connectivity index (χ2v) is 9.62. The van der Waals surface area contributed by atoms with E-state index in [0.29, 0.717) is 24.1 Å². The molecule has 2 N–H and O–H groups in total. The van der Waals surface area contributed by atoms with E-state index in [1.54, 1.807) is 17.0 Å². The lowest BCUT2D eigenvalue weighted by atomic mass is 9.77. The molecule has 6 heteroatoms. The van der Waals surface area contributed by atoms with E-state index >= 15 is 0 Å². The quantitative estimate of drug-likeness (QED) is 0.427. The maximum Gasteiger partial charge on any atom is 0.326 e. The summed E-state index contributed by atoms with van der Waals surface area (Å²) in [5.41, 5.74) is 6.03. The number of aliphatic carboxylic acids is 1. The van der Waals surface area contributed by atoms with Gasteiger partial charge in [0.25, 0.3) is 0 Å². The number of rotatable bonds is 5. The fraction of sp³-hybridized carbons (Fsp3) is 0.310. The Labute approximate surface area is 204 Å². The monoisotopic (exact) mass is 472 g/mol. The molecule has 1 heterocycles. The number of carbonyl (C=O) groups is 2. The molecule has 0 aromatic heterocycles. The molecule has 180 valence electrons. The average Bonchev–Trinajstić information content (AvgIpc) is 3.28. The van der Waals surface area contributed by atoms with E-state index in [1.165, 1.54) is 17.7 Å². The van der Waals surface area contributed by atoms with Crippen LogP contribution >= 0.6 is 0 Å². The van der Waals surface area contributed by atoms with Crippen LogP contribution in [0.1, 0.15) is 49.1 Å². The Morgan fingerprint density at radius 3 is 2.40 bits per heavy atom. The number of halogens is 1. The van der Waals surface area contributed by atoms with Crippen molar-refractivity contribution in [3.05, 3.63) is 83.7 Å². The molecule has 35 heavy (non-hydrogen) atoms. The van der Waals surface area contributed by atoms with Gasteiger partial charge in [-0.15, -0.1) is 0 Å². The van der Waals surface area contributed by atoms with Crippen LogP contribution in [0.25, 0.3) is 11.1 Å². The summed E-state index contributed by atoms with van der Waals surface area (Å²) in [4.78, 5) is 25.4. The fourth-order valence-corrected chi connectivity index (χ4v) is 5.44. The number of benzene rings is 3. The van der Waals surface area contributed by atoms with Gasteiger partial charge >= 0.3 is 12.0 Å². The van der Waals surface area contributed by atoms with E-state index in [2.05, 4.69) is 35.6 Å². The van der Waals surface area contributed by atoms with E-state index in [4.69, 9.17) is 5.11 Å². The van der Waals surface area contributed by atoms with Gasteiger partial charge in [-0.05, 0) is 96.5 Å². The van der Waals surface area contributed by atoms with Gasteiger partial charge in [0.1, 0.15) is 5.82 Å². The number of urea groups is 1. The minimum absolute atomic E-state index is 0.260. The summed E-state index contributed by atoms with van der Waals surface area (Å²) in [5, 5.41) is 11.8. The lowest BCUT2D eigenvalue weighted by Gasteiger charge is -2.28. The molecule has 0 saturated heterocycles. The zero-order chi connectivity index (χ0) is 24.4. The van der Waals surface area contributed by atoms with Crippen LogP contribution in [0.3, 0.4) is 0 Å². The SMILES string of the molecule is O=C(O)CC1CCC(c2ccc(-c3ccc4c(c3)CCN4C(=O)Nc3cccc(F)c3)cc2)CC1. The molecule has 0 atom stereocenters. The van der Waals surface area contributed by atoms with Gasteiger partial charge in [-0.1, -0.05) is 36.4 Å². The average molecular weight is 473 g/mol. The van der Waals surface area contributed by atoms with E-state index in [0.717, 1.165) is 54.5 Å². The summed E-state index contributed by atoms with van der Waals surface area (Å²) in [6, 6.07) is 20.5. The van der Waals surface area contributed by atoms with Crippen LogP contribution in [0.2, 0.25) is 0 Å². The second-order valence-electron chi connectivity index (χ2n) is 9.62. The Balaban J connectivity index is 1.24. The van der Waals surface area contributed by atoms with Gasteiger partial charge < -0.3 is 10.4 Å². The number of carboxylic acids is 1. The molecule has 3 aromatic rings. The smallest absolute Gasteiger partial charge is 0.326 e. The largest absolute Gasteiger partial charge is 0.481 e. The highest BCUT2D eigenvalue weighted by molar-refractivity contribution is 6.03. The molecule has 1 saturated carbocycles. The first-order chi connectivity index (χ1) is 17.0. The first kappa shape index (κ1) is 23.1. The highest BCUT2D eigenvalue weighted by atomic mass is 19.1. The standard InChI is InChI=1S/C29H29FN2O3/c30-25-2-1-3-26(18-25)31-29(35)32-15-14-24-17-23(12-13-27(24)32)22-10-8-21(9-11-22)20-6-4-19(5-7-20)16-28(33)34/h1-3,8-13,17-20H,4-7,14-16H2,(H,31,35)(H,33,34). The third-order valence-corrected chi connectivity index (χ3v) is 7.32. The normalized spacial score (nSPS) is 19.3. The molecule has 0 bridgehead atoms. The molecule has 5 nitrogen and oxygen atoms in total. The predicted octanol–water partition coefficient (Wildman–Crippen LogP) is 6.84. The Bertz CT molecular complexity index is 1230. The Morgan fingerprint density at radius 2 is 1.69 bits per heavy atom. The minimum Gasteiger partial charge on any atom is -0.481 e. The number of nitrogens with one attached hydrogen (secondary N) is 1. The molecule has 0 radical (unpaired) electrons. The lowest BCUT2D eigenvalue weighted by molar-refractivity contribution is -0.138. The van der Waals surface area contributed by atoms with Crippen molar-refractivity contribution in [2.45, 2.75) is 44.4 Å². The van der Waals surface area contributed by atoms with E-state index in [9.17, 15) is 14.0 Å². The van der Waals surface area contributed by atoms with E-state index < -0.39 is 5.97 Å². The van der Waals surface area contributed by atoms with Crippen molar-refractivity contribution < 1.29 is 19.1 Å². The van der Waals surface area contributed by atoms with Crippen LogP contribution in [0, 0.1) is 11.7 Å². The molecular weight excluding hydrogens is 443 g/mol. The third-order valence-electron chi connectivity index (χ3n) is 7.32. The van der Waals surface area contributed by atoms with Gasteiger partial charge in [0.2, 0.25) is 0 Å². The van der Waals surface area contributed by atoms with Crippen LogP contribution in [-0.2, 0) is 11.2 Å². The van der Waals surface area contributed by atoms with E-state index in [-0.39, 0.29) is 18.3 Å². The number of anilines is 2. The van der Waals surface area contributed by atoms with Crippen LogP contribution in [0.15, 0.2) is 66.7 Å². The third kappa shape index (κ3) is 5.21. The van der Waals surface area contributed by atoms with Crippen molar-refractivity contribution >= 4 is 23.4 Å². The summed E-state index contributed by atoms with van der Waals surface area (Å²) >= 11 is 0. The molecule has 1 aliphatic carbocycles. The molecule has 0 spiro atoms. The van der Waals surface area contributed by atoms with Gasteiger partial charge in [0.15, 0.2) is 0 Å². The molecule has 2 aliphatic rings. The molecule has 5 rings (SSSR count). The fourth-order valence-electron chi connectivity index (χ4n) is 5.44. The van der Waals surface area contributed by atoms with Crippen molar-refractivity contribution in [2.24, 2.45) is 5.92 Å². The number of carboxylic acid groups (broad SMARTS) is 1. The van der Waals surface area contributed by atoms with E-state index in [1.807, 2.05) is 12.1 Å². The molecule has 2 amide bonds. The molecule has 0 unspecified atom stereocenters. The number of amides is 2. The zero-order valence-electron chi connectivity index (χ0n) is 19.5. The first-order valence-corrected chi connectivity index (χ1v) is 12.3. The minimum atomic E-state index is -0.692. The Hall–Kier alpha value is -3.67. The van der Waals surface area contributed by atoms with Crippen LogP contribution in [0.4, 0.5) is 20.6 Å². The molecule has 1 aliphatic heterocycles. The summed E-state index contributed by atoms with van der Waals surface area (Å²) < 4.78 is 13.4. The van der Waals surface area contributed by atoms with Crippen molar-refractivity contribution in [1.82, 2.24) is 0 Å².